The Hall–Kier alpha value is -1.93. The molecule has 1 amide bonds. The molecule has 7 nitrogen and oxygen atoms in total. The lowest BCUT2D eigenvalue weighted by molar-refractivity contribution is -0.308. The number of rotatable bonds is 6. The quantitative estimate of drug-likeness (QED) is 0.777. The van der Waals surface area contributed by atoms with Gasteiger partial charge in [0.2, 0.25) is 15.9 Å². The maximum atomic E-state index is 12.5. The molecule has 1 heterocycles. The molecule has 0 saturated heterocycles. The largest absolute Gasteiger partial charge is 0.548 e. The van der Waals surface area contributed by atoms with E-state index in [4.69, 9.17) is 0 Å². The third kappa shape index (κ3) is 3.93. The van der Waals surface area contributed by atoms with Crippen molar-refractivity contribution in [3.05, 3.63) is 23.8 Å². The molecule has 0 bridgehead atoms. The highest BCUT2D eigenvalue weighted by Crippen LogP contribution is 2.30. The zero-order chi connectivity index (χ0) is 18.1. The van der Waals surface area contributed by atoms with Gasteiger partial charge in [-0.1, -0.05) is 13.8 Å². The van der Waals surface area contributed by atoms with Gasteiger partial charge in [0.1, 0.15) is 0 Å². The normalized spacial score (nSPS) is 15.4. The SMILES string of the molecule is CC(=O)N1CCc2cc(S(=O)(=O)NC(CC(C)C)C(=O)[O-])ccc21. The van der Waals surface area contributed by atoms with Gasteiger partial charge in [0.05, 0.1) is 16.9 Å². The number of carboxylic acids is 1. The standard InChI is InChI=1S/C16H22N2O5S/c1-10(2)8-14(16(20)21)17-24(22,23)13-4-5-15-12(9-13)6-7-18(15)11(3)19/h4-5,9-10,14,17H,6-8H2,1-3H3,(H,20,21)/p-1. The van der Waals surface area contributed by atoms with Crippen molar-refractivity contribution in [1.82, 2.24) is 4.72 Å². The average molecular weight is 353 g/mol. The van der Waals surface area contributed by atoms with Gasteiger partial charge in [-0.05, 0) is 42.5 Å². The zero-order valence-electron chi connectivity index (χ0n) is 13.9. The molecule has 1 aliphatic rings. The second-order valence-corrected chi connectivity index (χ2v) is 8.05. The number of nitrogens with one attached hydrogen (secondary N) is 1. The van der Waals surface area contributed by atoms with Crippen LogP contribution in [0.25, 0.3) is 0 Å². The Morgan fingerprint density at radius 1 is 1.33 bits per heavy atom. The van der Waals surface area contributed by atoms with E-state index >= 15 is 0 Å². The third-order valence-corrected chi connectivity index (χ3v) is 5.40. The first kappa shape index (κ1) is 18.4. The molecule has 1 aromatic rings. The summed E-state index contributed by atoms with van der Waals surface area (Å²) in [5.74, 6) is -1.55. The lowest BCUT2D eigenvalue weighted by Crippen LogP contribution is -2.48. The summed E-state index contributed by atoms with van der Waals surface area (Å²) in [6.07, 6.45) is 0.707. The van der Waals surface area contributed by atoms with E-state index in [0.29, 0.717) is 18.7 Å². The van der Waals surface area contributed by atoms with Crippen molar-refractivity contribution in [3.8, 4) is 0 Å². The maximum absolute atomic E-state index is 12.5. The van der Waals surface area contributed by atoms with Crippen molar-refractivity contribution >= 4 is 27.6 Å². The van der Waals surface area contributed by atoms with Crippen molar-refractivity contribution in [2.24, 2.45) is 5.92 Å². The van der Waals surface area contributed by atoms with Gasteiger partial charge in [0, 0.05) is 19.2 Å². The Bertz CT molecular complexity index is 758. The summed E-state index contributed by atoms with van der Waals surface area (Å²) in [6, 6.07) is 3.17. The molecule has 0 aromatic heterocycles. The molecule has 0 spiro atoms. The van der Waals surface area contributed by atoms with Crippen LogP contribution in [0.1, 0.15) is 32.8 Å². The van der Waals surface area contributed by atoms with E-state index in [-0.39, 0.29) is 23.1 Å². The minimum absolute atomic E-state index is 0.000236. The number of anilines is 1. The molecule has 0 radical (unpaired) electrons. The number of carbonyl (C=O) groups excluding carboxylic acids is 2. The number of nitrogens with zero attached hydrogens (tertiary/aromatic N) is 1. The predicted molar refractivity (Wildman–Crippen MR) is 86.7 cm³/mol. The van der Waals surface area contributed by atoms with E-state index in [9.17, 15) is 23.1 Å². The minimum Gasteiger partial charge on any atom is -0.548 e. The molecule has 0 aliphatic carbocycles. The monoisotopic (exact) mass is 353 g/mol. The zero-order valence-corrected chi connectivity index (χ0v) is 14.7. The highest BCUT2D eigenvalue weighted by Gasteiger charge is 2.26. The molecule has 1 N–H and O–H groups in total. The van der Waals surface area contributed by atoms with Crippen LogP contribution in [0, 0.1) is 5.92 Å². The summed E-state index contributed by atoms with van der Waals surface area (Å²) in [4.78, 5) is 24.3. The fourth-order valence-electron chi connectivity index (χ4n) is 2.79. The first-order chi connectivity index (χ1) is 11.1. The van der Waals surface area contributed by atoms with E-state index < -0.39 is 22.0 Å². The maximum Gasteiger partial charge on any atom is 0.241 e. The molecular formula is C16H21N2O5S-. The molecule has 8 heteroatoms. The number of sulfonamides is 1. The summed E-state index contributed by atoms with van der Waals surface area (Å²) in [5.41, 5.74) is 1.45. The molecule has 132 valence electrons. The Kier molecular flexibility index (Phi) is 5.29. The van der Waals surface area contributed by atoms with Gasteiger partial charge < -0.3 is 14.8 Å². The smallest absolute Gasteiger partial charge is 0.241 e. The first-order valence-corrected chi connectivity index (χ1v) is 9.24. The van der Waals surface area contributed by atoms with Gasteiger partial charge in [-0.3, -0.25) is 4.79 Å². The molecule has 1 aromatic carbocycles. The van der Waals surface area contributed by atoms with Crippen LogP contribution in [0.3, 0.4) is 0 Å². The van der Waals surface area contributed by atoms with E-state index in [1.54, 1.807) is 24.8 Å². The van der Waals surface area contributed by atoms with Gasteiger partial charge in [0.15, 0.2) is 0 Å². The Morgan fingerprint density at radius 3 is 2.54 bits per heavy atom. The number of hydrogen-bond donors (Lipinski definition) is 1. The Morgan fingerprint density at radius 2 is 2.00 bits per heavy atom. The summed E-state index contributed by atoms with van der Waals surface area (Å²) in [7, 11) is -3.98. The molecule has 2 rings (SSSR count). The van der Waals surface area contributed by atoms with E-state index in [1.807, 2.05) is 0 Å². The van der Waals surface area contributed by atoms with Gasteiger partial charge in [-0.2, -0.15) is 0 Å². The van der Waals surface area contributed by atoms with Crippen LogP contribution in [0.2, 0.25) is 0 Å². The molecule has 1 aliphatic heterocycles. The number of amides is 1. The lowest BCUT2D eigenvalue weighted by atomic mass is 10.1. The number of fused-ring (bicyclic) bond motifs is 1. The average Bonchev–Trinajstić information content (AvgIpc) is 2.88. The van der Waals surface area contributed by atoms with Crippen LogP contribution in [0.5, 0.6) is 0 Å². The number of aliphatic carboxylic acids is 1. The van der Waals surface area contributed by atoms with E-state index in [1.165, 1.54) is 19.1 Å². The van der Waals surface area contributed by atoms with Crippen molar-refractivity contribution < 1.29 is 23.1 Å². The van der Waals surface area contributed by atoms with Crippen LogP contribution in [0.15, 0.2) is 23.1 Å². The second-order valence-electron chi connectivity index (χ2n) is 6.33. The topological polar surface area (TPSA) is 107 Å². The van der Waals surface area contributed by atoms with Gasteiger partial charge in [0.25, 0.3) is 0 Å². The third-order valence-electron chi connectivity index (χ3n) is 3.93. The fraction of sp³-hybridized carbons (Fsp3) is 0.500. The number of carboxylic acid groups (broad SMARTS) is 1. The van der Waals surface area contributed by atoms with Crippen LogP contribution in [-0.2, 0) is 26.0 Å². The summed E-state index contributed by atoms with van der Waals surface area (Å²) in [6.45, 7) is 5.57. The molecular weight excluding hydrogens is 332 g/mol. The van der Waals surface area contributed by atoms with Gasteiger partial charge in [-0.15, -0.1) is 0 Å². The summed E-state index contributed by atoms with van der Waals surface area (Å²) < 4.78 is 27.1. The fourth-order valence-corrected chi connectivity index (χ4v) is 4.04. The first-order valence-electron chi connectivity index (χ1n) is 7.76. The van der Waals surface area contributed by atoms with E-state index in [2.05, 4.69) is 4.72 Å². The van der Waals surface area contributed by atoms with Crippen molar-refractivity contribution in [1.29, 1.82) is 0 Å². The Labute approximate surface area is 141 Å². The molecule has 1 unspecified atom stereocenters. The molecule has 24 heavy (non-hydrogen) atoms. The van der Waals surface area contributed by atoms with E-state index in [0.717, 1.165) is 5.56 Å². The van der Waals surface area contributed by atoms with Gasteiger partial charge >= 0.3 is 0 Å². The molecule has 0 saturated carbocycles. The van der Waals surface area contributed by atoms with Crippen molar-refractivity contribution in [2.75, 3.05) is 11.4 Å². The lowest BCUT2D eigenvalue weighted by Gasteiger charge is -2.21. The number of carbonyl (C=O) groups is 2. The van der Waals surface area contributed by atoms with Crippen LogP contribution in [-0.4, -0.2) is 32.9 Å². The van der Waals surface area contributed by atoms with Gasteiger partial charge in [-0.25, -0.2) is 13.1 Å². The predicted octanol–water partition coefficient (Wildman–Crippen LogP) is 0.0385. The van der Waals surface area contributed by atoms with Crippen LogP contribution >= 0.6 is 0 Å². The number of benzene rings is 1. The van der Waals surface area contributed by atoms with Crippen LogP contribution < -0.4 is 14.7 Å². The van der Waals surface area contributed by atoms with Crippen LogP contribution in [0.4, 0.5) is 5.69 Å². The minimum atomic E-state index is -3.98. The second kappa shape index (κ2) is 6.90. The molecule has 0 fully saturated rings. The van der Waals surface area contributed by atoms with Crippen molar-refractivity contribution in [3.63, 3.8) is 0 Å². The summed E-state index contributed by atoms with van der Waals surface area (Å²) in [5, 5.41) is 11.2. The highest BCUT2D eigenvalue weighted by molar-refractivity contribution is 7.89. The summed E-state index contributed by atoms with van der Waals surface area (Å²) >= 11 is 0. The highest BCUT2D eigenvalue weighted by atomic mass is 32.2. The van der Waals surface area contributed by atoms with Crippen molar-refractivity contribution in [2.45, 2.75) is 44.6 Å². The number of hydrogen-bond acceptors (Lipinski definition) is 5. The molecule has 1 atom stereocenters. The Balaban J connectivity index is 2.27.